The lowest BCUT2D eigenvalue weighted by Gasteiger charge is -2.32. The SMILES string of the molecule is CO[C@@H](C)c1ncccc1-c1c(CC(C)(C)CO)c2cc(Br)ccc2n1C1CNC1. The molecule has 0 bridgehead atoms. The molecule has 0 saturated carbocycles. The van der Waals surface area contributed by atoms with Crippen LogP contribution < -0.4 is 5.32 Å². The van der Waals surface area contributed by atoms with E-state index in [1.165, 1.54) is 22.2 Å². The Morgan fingerprint density at radius 1 is 1.33 bits per heavy atom. The Morgan fingerprint density at radius 3 is 2.73 bits per heavy atom. The zero-order valence-corrected chi connectivity index (χ0v) is 19.7. The number of ether oxygens (including phenoxy) is 1. The van der Waals surface area contributed by atoms with Gasteiger partial charge in [0.05, 0.1) is 23.5 Å². The zero-order chi connectivity index (χ0) is 21.5. The molecule has 2 N–H and O–H groups in total. The number of pyridine rings is 1. The van der Waals surface area contributed by atoms with Gasteiger partial charge in [-0.2, -0.15) is 0 Å². The molecule has 2 aromatic heterocycles. The van der Waals surface area contributed by atoms with Crippen LogP contribution >= 0.6 is 15.9 Å². The number of aromatic nitrogens is 2. The predicted octanol–water partition coefficient (Wildman–Crippen LogP) is 4.88. The molecule has 1 aliphatic heterocycles. The molecule has 1 aromatic carbocycles. The van der Waals surface area contributed by atoms with Gasteiger partial charge in [-0.05, 0) is 54.7 Å². The number of methoxy groups -OCH3 is 1. The molecular formula is C24H30BrN3O2. The first-order chi connectivity index (χ1) is 14.4. The molecule has 0 radical (unpaired) electrons. The van der Waals surface area contributed by atoms with Gasteiger partial charge >= 0.3 is 0 Å². The summed E-state index contributed by atoms with van der Waals surface area (Å²) in [4.78, 5) is 4.70. The average molecular weight is 472 g/mol. The maximum atomic E-state index is 10.0. The summed E-state index contributed by atoms with van der Waals surface area (Å²) in [7, 11) is 1.72. The van der Waals surface area contributed by atoms with Crippen LogP contribution in [0, 0.1) is 5.41 Å². The molecule has 0 aliphatic carbocycles. The minimum atomic E-state index is -0.233. The normalized spacial score (nSPS) is 16.1. The third-order valence-electron chi connectivity index (χ3n) is 6.11. The second-order valence-corrected chi connectivity index (χ2v) is 9.90. The van der Waals surface area contributed by atoms with Crippen molar-refractivity contribution in [1.82, 2.24) is 14.9 Å². The first-order valence-corrected chi connectivity index (χ1v) is 11.3. The van der Waals surface area contributed by atoms with Crippen molar-refractivity contribution in [2.45, 2.75) is 39.3 Å². The van der Waals surface area contributed by atoms with Gasteiger partial charge in [-0.25, -0.2) is 0 Å². The van der Waals surface area contributed by atoms with Crippen LogP contribution in [0.4, 0.5) is 0 Å². The number of aliphatic hydroxyl groups is 1. The molecular weight excluding hydrogens is 442 g/mol. The van der Waals surface area contributed by atoms with Gasteiger partial charge in [0.1, 0.15) is 0 Å². The minimum Gasteiger partial charge on any atom is -0.396 e. The van der Waals surface area contributed by atoms with Gasteiger partial charge in [0, 0.05) is 53.9 Å². The highest BCUT2D eigenvalue weighted by Gasteiger charge is 2.31. The van der Waals surface area contributed by atoms with Gasteiger partial charge in [0.2, 0.25) is 0 Å². The van der Waals surface area contributed by atoms with E-state index in [2.05, 4.69) is 63.9 Å². The predicted molar refractivity (Wildman–Crippen MR) is 125 cm³/mol. The van der Waals surface area contributed by atoms with Crippen molar-refractivity contribution in [3.05, 3.63) is 52.3 Å². The van der Waals surface area contributed by atoms with Crippen LogP contribution in [0.2, 0.25) is 0 Å². The van der Waals surface area contributed by atoms with Gasteiger partial charge < -0.3 is 19.7 Å². The third-order valence-corrected chi connectivity index (χ3v) is 6.60. The fourth-order valence-corrected chi connectivity index (χ4v) is 4.61. The average Bonchev–Trinajstić information content (AvgIpc) is 2.98. The smallest absolute Gasteiger partial charge is 0.0969 e. The topological polar surface area (TPSA) is 59.3 Å². The molecule has 30 heavy (non-hydrogen) atoms. The van der Waals surface area contributed by atoms with Crippen molar-refractivity contribution in [1.29, 1.82) is 0 Å². The third kappa shape index (κ3) is 3.82. The van der Waals surface area contributed by atoms with E-state index in [9.17, 15) is 5.11 Å². The van der Waals surface area contributed by atoms with Gasteiger partial charge in [-0.15, -0.1) is 0 Å². The second-order valence-electron chi connectivity index (χ2n) is 8.98. The number of hydrogen-bond acceptors (Lipinski definition) is 4. The molecule has 1 aliphatic rings. The summed E-state index contributed by atoms with van der Waals surface area (Å²) in [5.41, 5.74) is 5.50. The molecule has 1 atom stereocenters. The first kappa shape index (κ1) is 21.5. The lowest BCUT2D eigenvalue weighted by atomic mass is 9.84. The lowest BCUT2D eigenvalue weighted by Crippen LogP contribution is -2.43. The molecule has 3 heterocycles. The molecule has 0 spiro atoms. The molecule has 5 nitrogen and oxygen atoms in total. The highest BCUT2D eigenvalue weighted by Crippen LogP contribution is 2.43. The van der Waals surface area contributed by atoms with E-state index >= 15 is 0 Å². The number of aliphatic hydroxyl groups excluding tert-OH is 1. The van der Waals surface area contributed by atoms with Gasteiger partial charge in [-0.1, -0.05) is 29.8 Å². The van der Waals surface area contributed by atoms with Crippen LogP contribution in [-0.2, 0) is 11.2 Å². The number of benzene rings is 1. The number of nitrogens with one attached hydrogen (secondary N) is 1. The van der Waals surface area contributed by atoms with Crippen molar-refractivity contribution in [3.8, 4) is 11.3 Å². The Balaban J connectivity index is 2.07. The van der Waals surface area contributed by atoms with Crippen LogP contribution in [0.3, 0.4) is 0 Å². The van der Waals surface area contributed by atoms with E-state index in [1.54, 1.807) is 7.11 Å². The van der Waals surface area contributed by atoms with Gasteiger partial charge in [0.15, 0.2) is 0 Å². The Morgan fingerprint density at radius 2 is 2.10 bits per heavy atom. The number of rotatable bonds is 7. The summed E-state index contributed by atoms with van der Waals surface area (Å²) < 4.78 is 9.20. The lowest BCUT2D eigenvalue weighted by molar-refractivity contribution is 0.116. The standard InChI is InChI=1S/C24H30BrN3O2/c1-15(30-4)22-18(6-5-9-27-22)23-20(11-24(2,3)14-29)19-10-16(25)7-8-21(19)28(23)17-12-26-13-17/h5-10,15,17,26,29H,11-14H2,1-4H3/t15-/m0/s1. The Labute approximate surface area is 186 Å². The highest BCUT2D eigenvalue weighted by atomic mass is 79.9. The summed E-state index contributed by atoms with van der Waals surface area (Å²) in [5, 5.41) is 14.7. The van der Waals surface area contributed by atoms with Gasteiger partial charge in [-0.3, -0.25) is 4.98 Å². The van der Waals surface area contributed by atoms with Crippen LogP contribution in [0.15, 0.2) is 41.0 Å². The molecule has 0 unspecified atom stereocenters. The van der Waals surface area contributed by atoms with Crippen molar-refractivity contribution >= 4 is 26.8 Å². The summed E-state index contributed by atoms with van der Waals surface area (Å²) in [5.74, 6) is 0. The number of hydrogen-bond donors (Lipinski definition) is 2. The van der Waals surface area contributed by atoms with E-state index in [0.29, 0.717) is 6.04 Å². The van der Waals surface area contributed by atoms with Gasteiger partial charge in [0.25, 0.3) is 0 Å². The van der Waals surface area contributed by atoms with Crippen molar-refractivity contribution in [3.63, 3.8) is 0 Å². The number of fused-ring (bicyclic) bond motifs is 1. The second kappa shape index (κ2) is 8.42. The van der Waals surface area contributed by atoms with Crippen LogP contribution in [0.1, 0.15) is 44.2 Å². The number of halogens is 1. The minimum absolute atomic E-state index is 0.113. The van der Waals surface area contributed by atoms with Crippen molar-refractivity contribution in [2.75, 3.05) is 26.8 Å². The molecule has 3 aromatic rings. The van der Waals surface area contributed by atoms with Crippen LogP contribution in [0.5, 0.6) is 0 Å². The Hall–Kier alpha value is -1.73. The molecule has 6 heteroatoms. The van der Waals surface area contributed by atoms with E-state index in [1.807, 2.05) is 19.2 Å². The summed E-state index contributed by atoms with van der Waals surface area (Å²) in [6.07, 6.45) is 2.49. The van der Waals surface area contributed by atoms with E-state index < -0.39 is 0 Å². The quantitative estimate of drug-likeness (QED) is 0.515. The first-order valence-electron chi connectivity index (χ1n) is 10.5. The summed E-state index contributed by atoms with van der Waals surface area (Å²) in [6, 6.07) is 11.1. The fourth-order valence-electron chi connectivity index (χ4n) is 4.25. The number of nitrogens with zero attached hydrogens (tertiary/aromatic N) is 2. The summed E-state index contributed by atoms with van der Waals surface area (Å²) >= 11 is 3.67. The molecule has 4 rings (SSSR count). The molecule has 160 valence electrons. The summed E-state index contributed by atoms with van der Waals surface area (Å²) in [6.45, 7) is 8.30. The van der Waals surface area contributed by atoms with E-state index in [0.717, 1.165) is 35.2 Å². The van der Waals surface area contributed by atoms with Crippen LogP contribution in [-0.4, -0.2) is 41.5 Å². The van der Waals surface area contributed by atoms with E-state index in [4.69, 9.17) is 9.72 Å². The monoisotopic (exact) mass is 471 g/mol. The molecule has 0 amide bonds. The van der Waals surface area contributed by atoms with Crippen molar-refractivity contribution < 1.29 is 9.84 Å². The fraction of sp³-hybridized carbons (Fsp3) is 0.458. The van der Waals surface area contributed by atoms with E-state index in [-0.39, 0.29) is 18.1 Å². The Kier molecular flexibility index (Phi) is 6.04. The molecule has 1 saturated heterocycles. The Bertz CT molecular complexity index is 1060. The highest BCUT2D eigenvalue weighted by molar-refractivity contribution is 9.10. The largest absolute Gasteiger partial charge is 0.396 e. The zero-order valence-electron chi connectivity index (χ0n) is 18.1. The maximum Gasteiger partial charge on any atom is 0.0969 e. The van der Waals surface area contributed by atoms with Crippen LogP contribution in [0.25, 0.3) is 22.2 Å². The van der Waals surface area contributed by atoms with Crippen molar-refractivity contribution in [2.24, 2.45) is 5.41 Å². The maximum absolute atomic E-state index is 10.0. The molecule has 1 fully saturated rings.